The molecule has 4 unspecified atom stereocenters. The van der Waals surface area contributed by atoms with Gasteiger partial charge in [-0.05, 0) is 42.6 Å². The average molecular weight is 255 g/mol. The van der Waals surface area contributed by atoms with Crippen LogP contribution in [-0.4, -0.2) is 26.3 Å². The van der Waals surface area contributed by atoms with Gasteiger partial charge in [-0.25, -0.2) is 0 Å². The van der Waals surface area contributed by atoms with Crippen molar-refractivity contribution in [3.63, 3.8) is 0 Å². The lowest BCUT2D eigenvalue weighted by Gasteiger charge is -2.47. The second kappa shape index (κ2) is 6.91. The van der Waals surface area contributed by atoms with Crippen molar-refractivity contribution >= 4 is 0 Å². The molecular weight excluding hydrogens is 222 g/mol. The van der Waals surface area contributed by atoms with Crippen molar-refractivity contribution < 1.29 is 4.74 Å². The molecule has 1 aliphatic rings. The first-order valence-electron chi connectivity index (χ1n) is 7.65. The third-order valence-electron chi connectivity index (χ3n) is 5.22. The van der Waals surface area contributed by atoms with Crippen LogP contribution in [0, 0.1) is 23.2 Å². The third-order valence-corrected chi connectivity index (χ3v) is 5.22. The molecule has 108 valence electrons. The van der Waals surface area contributed by atoms with Gasteiger partial charge in [-0.1, -0.05) is 41.0 Å². The molecule has 4 atom stereocenters. The topological polar surface area (TPSA) is 21.3 Å². The predicted molar refractivity (Wildman–Crippen MR) is 78.8 cm³/mol. The van der Waals surface area contributed by atoms with Crippen LogP contribution in [0.25, 0.3) is 0 Å². The molecule has 2 nitrogen and oxygen atoms in total. The van der Waals surface area contributed by atoms with Gasteiger partial charge in [0.15, 0.2) is 0 Å². The Balaban J connectivity index is 2.76. The molecule has 0 bridgehead atoms. The van der Waals surface area contributed by atoms with E-state index in [2.05, 4.69) is 39.9 Å². The minimum Gasteiger partial charge on any atom is -0.384 e. The summed E-state index contributed by atoms with van der Waals surface area (Å²) in [5.41, 5.74) is 0.350. The highest BCUT2D eigenvalue weighted by molar-refractivity contribution is 4.93. The molecule has 0 amide bonds. The maximum Gasteiger partial charge on any atom is 0.0493 e. The van der Waals surface area contributed by atoms with E-state index in [0.717, 1.165) is 25.0 Å². The van der Waals surface area contributed by atoms with E-state index < -0.39 is 0 Å². The summed E-state index contributed by atoms with van der Waals surface area (Å²) in [6.45, 7) is 13.8. The second-order valence-corrected chi connectivity index (χ2v) is 6.87. The summed E-state index contributed by atoms with van der Waals surface area (Å²) in [7, 11) is 1.82. The molecule has 0 heterocycles. The molecule has 0 aromatic heterocycles. The fraction of sp³-hybridized carbons (Fsp3) is 1.00. The Kier molecular flexibility index (Phi) is 6.13. The Morgan fingerprint density at radius 3 is 2.56 bits per heavy atom. The van der Waals surface area contributed by atoms with Crippen LogP contribution in [0.2, 0.25) is 0 Å². The summed E-state index contributed by atoms with van der Waals surface area (Å²) in [6.07, 6.45) is 4.08. The van der Waals surface area contributed by atoms with Crippen LogP contribution in [0.5, 0.6) is 0 Å². The molecular formula is C16H33NO. The quantitative estimate of drug-likeness (QED) is 0.781. The Morgan fingerprint density at radius 1 is 1.33 bits per heavy atom. The van der Waals surface area contributed by atoms with E-state index in [1.807, 2.05) is 7.11 Å². The Hall–Kier alpha value is -0.0800. The number of rotatable bonds is 6. The molecule has 0 spiro atoms. The fourth-order valence-corrected chi connectivity index (χ4v) is 3.59. The van der Waals surface area contributed by atoms with Crippen molar-refractivity contribution in [2.45, 2.75) is 59.9 Å². The molecule has 0 aromatic carbocycles. The highest BCUT2D eigenvalue weighted by atomic mass is 16.5. The lowest BCUT2D eigenvalue weighted by Crippen LogP contribution is -2.49. The summed E-state index contributed by atoms with van der Waals surface area (Å²) in [5.74, 6) is 2.26. The highest BCUT2D eigenvalue weighted by Gasteiger charge is 2.41. The third kappa shape index (κ3) is 3.71. The molecule has 2 heteroatoms. The van der Waals surface area contributed by atoms with Gasteiger partial charge in [-0.15, -0.1) is 0 Å². The van der Waals surface area contributed by atoms with Crippen LogP contribution in [0.1, 0.15) is 53.9 Å². The standard InChI is InChI=1S/C16H33NO/c1-7-17-15-10-12(2)8-9-14(15)16(4,5)13(3)11-18-6/h12-15,17H,7-11H2,1-6H3. The van der Waals surface area contributed by atoms with E-state index in [1.165, 1.54) is 19.3 Å². The Morgan fingerprint density at radius 2 is 2.00 bits per heavy atom. The molecule has 18 heavy (non-hydrogen) atoms. The van der Waals surface area contributed by atoms with Crippen LogP contribution >= 0.6 is 0 Å². The first kappa shape index (κ1) is 16.0. The normalized spacial score (nSPS) is 31.3. The van der Waals surface area contributed by atoms with Gasteiger partial charge in [-0.2, -0.15) is 0 Å². The minimum absolute atomic E-state index is 0.350. The molecule has 0 aromatic rings. The number of methoxy groups -OCH3 is 1. The van der Waals surface area contributed by atoms with Gasteiger partial charge in [0, 0.05) is 19.8 Å². The van der Waals surface area contributed by atoms with E-state index in [0.29, 0.717) is 17.4 Å². The van der Waals surface area contributed by atoms with Crippen LogP contribution in [0.15, 0.2) is 0 Å². The van der Waals surface area contributed by atoms with Crippen LogP contribution in [0.3, 0.4) is 0 Å². The van der Waals surface area contributed by atoms with Crippen molar-refractivity contribution in [1.29, 1.82) is 0 Å². The molecule has 1 aliphatic carbocycles. The maximum atomic E-state index is 5.38. The first-order chi connectivity index (χ1) is 8.43. The predicted octanol–water partition coefficient (Wildman–Crippen LogP) is 3.71. The zero-order valence-electron chi connectivity index (χ0n) is 13.3. The van der Waals surface area contributed by atoms with Gasteiger partial charge in [0.05, 0.1) is 0 Å². The zero-order chi connectivity index (χ0) is 13.8. The van der Waals surface area contributed by atoms with Crippen molar-refractivity contribution in [2.24, 2.45) is 23.2 Å². The zero-order valence-corrected chi connectivity index (χ0v) is 13.3. The van der Waals surface area contributed by atoms with Crippen LogP contribution in [-0.2, 0) is 4.74 Å². The molecule has 0 aliphatic heterocycles. The SMILES string of the molecule is CCNC1CC(C)CCC1C(C)(C)C(C)COC. The van der Waals surface area contributed by atoms with Crippen molar-refractivity contribution in [1.82, 2.24) is 5.32 Å². The number of ether oxygens (including phenoxy) is 1. The average Bonchev–Trinajstić information content (AvgIpc) is 2.29. The van der Waals surface area contributed by atoms with Gasteiger partial charge in [-0.3, -0.25) is 0 Å². The van der Waals surface area contributed by atoms with Gasteiger partial charge in [0.25, 0.3) is 0 Å². The van der Waals surface area contributed by atoms with E-state index in [9.17, 15) is 0 Å². The van der Waals surface area contributed by atoms with Gasteiger partial charge in [0.1, 0.15) is 0 Å². The van der Waals surface area contributed by atoms with Crippen molar-refractivity contribution in [3.05, 3.63) is 0 Å². The number of hydrogen-bond donors (Lipinski definition) is 1. The molecule has 1 N–H and O–H groups in total. The Bertz CT molecular complexity index is 239. The molecule has 1 rings (SSSR count). The van der Waals surface area contributed by atoms with Crippen molar-refractivity contribution in [3.8, 4) is 0 Å². The number of nitrogens with one attached hydrogen (secondary N) is 1. The molecule has 0 radical (unpaired) electrons. The van der Waals surface area contributed by atoms with Gasteiger partial charge < -0.3 is 10.1 Å². The van der Waals surface area contributed by atoms with E-state index >= 15 is 0 Å². The van der Waals surface area contributed by atoms with Crippen LogP contribution < -0.4 is 5.32 Å². The monoisotopic (exact) mass is 255 g/mol. The highest BCUT2D eigenvalue weighted by Crippen LogP contribution is 2.44. The fourth-order valence-electron chi connectivity index (χ4n) is 3.59. The molecule has 0 saturated heterocycles. The summed E-state index contributed by atoms with van der Waals surface area (Å²) in [6, 6.07) is 0.688. The molecule has 1 fully saturated rings. The lowest BCUT2D eigenvalue weighted by atomic mass is 9.61. The Labute approximate surface area is 114 Å². The van der Waals surface area contributed by atoms with Gasteiger partial charge in [0.2, 0.25) is 0 Å². The van der Waals surface area contributed by atoms with Crippen LogP contribution in [0.4, 0.5) is 0 Å². The largest absolute Gasteiger partial charge is 0.384 e. The van der Waals surface area contributed by atoms with E-state index in [-0.39, 0.29) is 0 Å². The second-order valence-electron chi connectivity index (χ2n) is 6.87. The first-order valence-corrected chi connectivity index (χ1v) is 7.65. The lowest BCUT2D eigenvalue weighted by molar-refractivity contribution is 0.0121. The summed E-state index contributed by atoms with van der Waals surface area (Å²) in [5, 5.41) is 3.73. The summed E-state index contributed by atoms with van der Waals surface area (Å²) < 4.78 is 5.38. The molecule has 1 saturated carbocycles. The number of hydrogen-bond acceptors (Lipinski definition) is 2. The summed E-state index contributed by atoms with van der Waals surface area (Å²) >= 11 is 0. The van der Waals surface area contributed by atoms with E-state index in [4.69, 9.17) is 4.74 Å². The maximum absolute atomic E-state index is 5.38. The van der Waals surface area contributed by atoms with Gasteiger partial charge >= 0.3 is 0 Å². The smallest absolute Gasteiger partial charge is 0.0493 e. The minimum atomic E-state index is 0.350. The van der Waals surface area contributed by atoms with Crippen molar-refractivity contribution in [2.75, 3.05) is 20.3 Å². The summed E-state index contributed by atoms with van der Waals surface area (Å²) in [4.78, 5) is 0. The van der Waals surface area contributed by atoms with E-state index in [1.54, 1.807) is 0 Å².